The van der Waals surface area contributed by atoms with Crippen molar-refractivity contribution in [2.24, 2.45) is 0 Å². The average molecular weight is 309 g/mol. The quantitative estimate of drug-likeness (QED) is 0.928. The third-order valence-electron chi connectivity index (χ3n) is 3.15. The number of hydrogen-bond donors (Lipinski definition) is 1. The van der Waals surface area contributed by atoms with Crippen LogP contribution in [0.15, 0.2) is 18.2 Å². The number of benzene rings is 1. The molecule has 1 N–H and O–H groups in total. The first kappa shape index (κ1) is 15.4. The van der Waals surface area contributed by atoms with Gasteiger partial charge < -0.3 is 15.0 Å². The molecule has 2 rings (SSSR count). The molecule has 1 unspecified atom stereocenters. The van der Waals surface area contributed by atoms with E-state index in [-0.39, 0.29) is 16.8 Å². The van der Waals surface area contributed by atoms with Crippen molar-refractivity contribution in [2.75, 3.05) is 38.6 Å². The first-order chi connectivity index (χ1) is 9.36. The Hall–Kier alpha value is -0.980. The summed E-state index contributed by atoms with van der Waals surface area (Å²) in [6, 6.07) is 3.71. The number of hydrogen-bond acceptors (Lipinski definition) is 3. The number of alkyl halides is 3. The molecule has 0 amide bonds. The number of morpholine rings is 1. The molecule has 0 radical (unpaired) electrons. The Morgan fingerprint density at radius 1 is 1.45 bits per heavy atom. The fraction of sp³-hybridized carbons (Fsp3) is 0.538. The lowest BCUT2D eigenvalue weighted by atomic mass is 10.1. The fourth-order valence-corrected chi connectivity index (χ4v) is 2.29. The highest BCUT2D eigenvalue weighted by Gasteiger charge is 2.34. The van der Waals surface area contributed by atoms with Gasteiger partial charge in [0.25, 0.3) is 0 Å². The molecule has 3 nitrogen and oxygen atoms in total. The molecule has 0 saturated carbocycles. The number of nitrogens with zero attached hydrogens (tertiary/aromatic N) is 1. The number of ether oxygens (including phenoxy) is 1. The third kappa shape index (κ3) is 4.01. The van der Waals surface area contributed by atoms with Crippen molar-refractivity contribution in [3.63, 3.8) is 0 Å². The van der Waals surface area contributed by atoms with Gasteiger partial charge in [0.1, 0.15) is 0 Å². The molecule has 0 bridgehead atoms. The molecule has 20 heavy (non-hydrogen) atoms. The smallest absolute Gasteiger partial charge is 0.382 e. The van der Waals surface area contributed by atoms with E-state index in [9.17, 15) is 13.2 Å². The molecule has 1 aliphatic rings. The molecule has 1 aliphatic heterocycles. The Kier molecular flexibility index (Phi) is 4.78. The van der Waals surface area contributed by atoms with E-state index in [1.807, 2.05) is 7.05 Å². The van der Waals surface area contributed by atoms with Crippen molar-refractivity contribution in [3.05, 3.63) is 28.8 Å². The van der Waals surface area contributed by atoms with Gasteiger partial charge in [-0.25, -0.2) is 0 Å². The van der Waals surface area contributed by atoms with Gasteiger partial charge in [0.05, 0.1) is 18.3 Å². The Morgan fingerprint density at radius 3 is 2.85 bits per heavy atom. The molecule has 112 valence electrons. The minimum atomic E-state index is -4.43. The number of anilines is 1. The summed E-state index contributed by atoms with van der Waals surface area (Å²) in [4.78, 5) is 2.09. The topological polar surface area (TPSA) is 24.5 Å². The highest BCUT2D eigenvalue weighted by Crippen LogP contribution is 2.36. The lowest BCUT2D eigenvalue weighted by Gasteiger charge is -2.30. The summed E-state index contributed by atoms with van der Waals surface area (Å²) >= 11 is 5.63. The predicted octanol–water partition coefficient (Wildman–Crippen LogP) is 3.10. The van der Waals surface area contributed by atoms with Crippen LogP contribution in [0.2, 0.25) is 5.02 Å². The van der Waals surface area contributed by atoms with Crippen LogP contribution in [-0.2, 0) is 10.9 Å². The van der Waals surface area contributed by atoms with Crippen LogP contribution < -0.4 is 5.32 Å². The van der Waals surface area contributed by atoms with Crippen LogP contribution in [0, 0.1) is 0 Å². The molecule has 0 spiro atoms. The second-order valence-corrected chi connectivity index (χ2v) is 5.26. The van der Waals surface area contributed by atoms with Gasteiger partial charge in [-0.1, -0.05) is 11.6 Å². The van der Waals surface area contributed by atoms with Gasteiger partial charge in [-0.3, -0.25) is 0 Å². The van der Waals surface area contributed by atoms with E-state index in [1.165, 1.54) is 12.1 Å². The Labute approximate surface area is 120 Å². The van der Waals surface area contributed by atoms with Gasteiger partial charge in [-0.2, -0.15) is 13.2 Å². The van der Waals surface area contributed by atoms with Crippen LogP contribution in [0.4, 0.5) is 18.9 Å². The predicted molar refractivity (Wildman–Crippen MR) is 72.2 cm³/mol. The van der Waals surface area contributed by atoms with Crippen molar-refractivity contribution >= 4 is 17.3 Å². The third-order valence-corrected chi connectivity index (χ3v) is 3.38. The second kappa shape index (κ2) is 6.20. The van der Waals surface area contributed by atoms with E-state index in [1.54, 1.807) is 0 Å². The van der Waals surface area contributed by atoms with Crippen LogP contribution >= 0.6 is 11.6 Å². The van der Waals surface area contributed by atoms with Crippen LogP contribution in [0.1, 0.15) is 5.56 Å². The minimum absolute atomic E-state index is 0.0266. The highest BCUT2D eigenvalue weighted by atomic mass is 35.5. The highest BCUT2D eigenvalue weighted by molar-refractivity contribution is 6.30. The first-order valence-corrected chi connectivity index (χ1v) is 6.65. The lowest BCUT2D eigenvalue weighted by molar-refractivity contribution is -0.137. The molecule has 0 aromatic heterocycles. The Morgan fingerprint density at radius 2 is 2.20 bits per heavy atom. The summed E-state index contributed by atoms with van der Waals surface area (Å²) in [5, 5.41) is 2.87. The maximum Gasteiger partial charge on any atom is 0.418 e. The zero-order valence-corrected chi connectivity index (χ0v) is 11.8. The van der Waals surface area contributed by atoms with Crippen molar-refractivity contribution in [1.82, 2.24) is 4.90 Å². The number of rotatable bonds is 3. The standard InChI is InChI=1S/C13H16ClF3N2O/c1-19-4-5-20-10(8-19)7-18-12-3-2-9(14)6-11(12)13(15,16)17/h2-3,6,10,18H,4-5,7-8H2,1H3. The van der Waals surface area contributed by atoms with Gasteiger partial charge in [0.2, 0.25) is 0 Å². The number of halogens is 4. The molecule has 1 atom stereocenters. The zero-order chi connectivity index (χ0) is 14.8. The minimum Gasteiger partial charge on any atom is -0.382 e. The maximum absolute atomic E-state index is 12.9. The summed E-state index contributed by atoms with van der Waals surface area (Å²) < 4.78 is 44.3. The van der Waals surface area contributed by atoms with E-state index >= 15 is 0 Å². The van der Waals surface area contributed by atoms with Crippen LogP contribution in [0.5, 0.6) is 0 Å². The van der Waals surface area contributed by atoms with Crippen molar-refractivity contribution in [1.29, 1.82) is 0 Å². The molecule has 1 saturated heterocycles. The molecule has 1 aromatic rings. The second-order valence-electron chi connectivity index (χ2n) is 4.82. The van der Waals surface area contributed by atoms with Crippen LogP contribution in [0.25, 0.3) is 0 Å². The first-order valence-electron chi connectivity index (χ1n) is 6.27. The van der Waals surface area contributed by atoms with Crippen molar-refractivity contribution < 1.29 is 17.9 Å². The lowest BCUT2D eigenvalue weighted by Crippen LogP contribution is -2.43. The summed E-state index contributed by atoms with van der Waals surface area (Å²) in [6.45, 7) is 2.46. The molecule has 1 fully saturated rings. The molecule has 0 aliphatic carbocycles. The molecular formula is C13H16ClF3N2O. The SMILES string of the molecule is CN1CCOC(CNc2ccc(Cl)cc2C(F)(F)F)C1. The van der Waals surface area contributed by atoms with Crippen LogP contribution in [-0.4, -0.2) is 44.3 Å². The van der Waals surface area contributed by atoms with E-state index in [4.69, 9.17) is 16.3 Å². The molecule has 1 heterocycles. The van der Waals surface area contributed by atoms with E-state index < -0.39 is 11.7 Å². The van der Waals surface area contributed by atoms with Gasteiger partial charge in [-0.15, -0.1) is 0 Å². The summed E-state index contributed by atoms with van der Waals surface area (Å²) in [5.74, 6) is 0. The van der Waals surface area contributed by atoms with Crippen LogP contribution in [0.3, 0.4) is 0 Å². The van der Waals surface area contributed by atoms with Gasteiger partial charge >= 0.3 is 6.18 Å². The normalized spacial score (nSPS) is 20.9. The molecule has 1 aromatic carbocycles. The van der Waals surface area contributed by atoms with Gasteiger partial charge in [0, 0.05) is 30.3 Å². The van der Waals surface area contributed by atoms with Gasteiger partial charge in [-0.05, 0) is 25.2 Å². The number of nitrogens with one attached hydrogen (secondary N) is 1. The van der Waals surface area contributed by atoms with Gasteiger partial charge in [0.15, 0.2) is 0 Å². The van der Waals surface area contributed by atoms with E-state index in [2.05, 4.69) is 10.2 Å². The van der Waals surface area contributed by atoms with Crippen molar-refractivity contribution in [2.45, 2.75) is 12.3 Å². The molecular weight excluding hydrogens is 293 g/mol. The van der Waals surface area contributed by atoms with E-state index in [0.717, 1.165) is 12.6 Å². The largest absolute Gasteiger partial charge is 0.418 e. The zero-order valence-electron chi connectivity index (χ0n) is 11.0. The van der Waals surface area contributed by atoms with Crippen molar-refractivity contribution in [3.8, 4) is 0 Å². The van der Waals surface area contributed by atoms with E-state index in [0.29, 0.717) is 19.7 Å². The monoisotopic (exact) mass is 308 g/mol. The molecule has 7 heteroatoms. The number of likely N-dealkylation sites (N-methyl/N-ethyl adjacent to an activating group) is 1. The summed E-state index contributed by atoms with van der Waals surface area (Å²) in [5.41, 5.74) is -0.729. The fourth-order valence-electron chi connectivity index (χ4n) is 2.12. The Balaban J connectivity index is 2.05. The summed E-state index contributed by atoms with van der Waals surface area (Å²) in [6.07, 6.45) is -4.55. The Bertz CT molecular complexity index is 467. The average Bonchev–Trinajstić information content (AvgIpc) is 2.36. The maximum atomic E-state index is 12.9. The summed E-state index contributed by atoms with van der Waals surface area (Å²) in [7, 11) is 1.96.